The lowest BCUT2D eigenvalue weighted by molar-refractivity contribution is 0.00578. The Bertz CT molecular complexity index is 807. The van der Waals surface area contributed by atoms with Crippen molar-refractivity contribution in [2.24, 2.45) is 0 Å². The molecule has 0 bridgehead atoms. The number of nitrogens with one attached hydrogen (secondary N) is 1. The number of rotatable bonds is 5. The third kappa shape index (κ3) is 4.02. The van der Waals surface area contributed by atoms with E-state index in [4.69, 9.17) is 9.31 Å². The Hall–Kier alpha value is -2.29. The Labute approximate surface area is 162 Å². The fourth-order valence-corrected chi connectivity index (χ4v) is 3.02. The smallest absolute Gasteiger partial charge is 0.399 e. The molecule has 1 unspecified atom stereocenters. The summed E-state index contributed by atoms with van der Waals surface area (Å²) < 4.78 is 12.2. The molecule has 0 saturated carbocycles. The van der Waals surface area contributed by atoms with Crippen LogP contribution in [0.2, 0.25) is 0 Å². The van der Waals surface area contributed by atoms with Gasteiger partial charge in [0.15, 0.2) is 0 Å². The van der Waals surface area contributed by atoms with E-state index < -0.39 is 6.04 Å². The number of hydrogen-bond acceptors (Lipinski definition) is 4. The topological polar surface area (TPSA) is 54.3 Å². The van der Waals surface area contributed by atoms with Crippen LogP contribution in [0, 0.1) is 11.3 Å². The van der Waals surface area contributed by atoms with Crippen molar-refractivity contribution in [1.82, 2.24) is 0 Å². The number of hydrogen-bond donors (Lipinski definition) is 1. The van der Waals surface area contributed by atoms with E-state index in [1.165, 1.54) is 5.56 Å². The van der Waals surface area contributed by atoms with Crippen LogP contribution >= 0.6 is 0 Å². The van der Waals surface area contributed by atoms with Crippen LogP contribution in [0.25, 0.3) is 0 Å². The minimum absolute atomic E-state index is 0.356. The summed E-state index contributed by atoms with van der Waals surface area (Å²) in [7, 11) is -0.377. The highest BCUT2D eigenvalue weighted by Gasteiger charge is 2.51. The Morgan fingerprint density at radius 2 is 1.52 bits per heavy atom. The van der Waals surface area contributed by atoms with Gasteiger partial charge in [-0.3, -0.25) is 0 Å². The summed E-state index contributed by atoms with van der Waals surface area (Å²) in [5, 5.41) is 12.8. The first-order chi connectivity index (χ1) is 12.8. The second-order valence-corrected chi connectivity index (χ2v) is 8.01. The quantitative estimate of drug-likeness (QED) is 0.809. The fourth-order valence-electron chi connectivity index (χ4n) is 3.02. The molecule has 2 aromatic carbocycles. The molecule has 1 fully saturated rings. The molecule has 0 aliphatic carbocycles. The fraction of sp³-hybridized carbons (Fsp3) is 0.409. The molecule has 1 atom stereocenters. The van der Waals surface area contributed by atoms with Crippen LogP contribution in [0.4, 0.5) is 5.69 Å². The summed E-state index contributed by atoms with van der Waals surface area (Å²) in [5.41, 5.74) is 3.38. The number of benzene rings is 2. The first kappa shape index (κ1) is 19.5. The summed E-state index contributed by atoms with van der Waals surface area (Å²) in [6.45, 7) is 10.3. The summed E-state index contributed by atoms with van der Waals surface area (Å²) in [4.78, 5) is 0. The Morgan fingerprint density at radius 3 is 2.00 bits per heavy atom. The van der Waals surface area contributed by atoms with E-state index in [9.17, 15) is 5.26 Å². The van der Waals surface area contributed by atoms with Gasteiger partial charge in [0.1, 0.15) is 6.04 Å². The Balaban J connectivity index is 1.71. The number of anilines is 1. The lowest BCUT2D eigenvalue weighted by atomic mass is 9.79. The Morgan fingerprint density at radius 1 is 0.963 bits per heavy atom. The lowest BCUT2D eigenvalue weighted by Crippen LogP contribution is -2.41. The van der Waals surface area contributed by atoms with Gasteiger partial charge in [0, 0.05) is 5.69 Å². The molecule has 3 rings (SSSR count). The average Bonchev–Trinajstić information content (AvgIpc) is 2.88. The minimum Gasteiger partial charge on any atom is -0.399 e. The SMILES string of the molecule is CCc1ccc(C(C#N)Nc2ccc(B3OC(C)(C)C(C)(C)O3)cc2)cc1. The molecule has 1 heterocycles. The molecule has 1 N–H and O–H groups in total. The molecule has 1 aliphatic rings. The minimum atomic E-state index is -0.390. The maximum Gasteiger partial charge on any atom is 0.494 e. The van der Waals surface area contributed by atoms with E-state index >= 15 is 0 Å². The van der Waals surface area contributed by atoms with Gasteiger partial charge >= 0.3 is 7.12 Å². The van der Waals surface area contributed by atoms with Crippen molar-refractivity contribution < 1.29 is 9.31 Å². The van der Waals surface area contributed by atoms with Crippen molar-refractivity contribution in [3.63, 3.8) is 0 Å². The van der Waals surface area contributed by atoms with Gasteiger partial charge in [0.2, 0.25) is 0 Å². The van der Waals surface area contributed by atoms with Crippen molar-refractivity contribution in [2.75, 3.05) is 5.32 Å². The zero-order chi connectivity index (χ0) is 19.7. The van der Waals surface area contributed by atoms with Gasteiger partial charge in [-0.25, -0.2) is 0 Å². The van der Waals surface area contributed by atoms with Gasteiger partial charge in [-0.2, -0.15) is 5.26 Å². The summed E-state index contributed by atoms with van der Waals surface area (Å²) in [6.07, 6.45) is 0.991. The molecule has 140 valence electrons. The van der Waals surface area contributed by atoms with E-state index in [2.05, 4.69) is 30.4 Å². The average molecular weight is 362 g/mol. The van der Waals surface area contributed by atoms with Crippen LogP contribution in [0.3, 0.4) is 0 Å². The van der Waals surface area contributed by atoms with Crippen LogP contribution in [-0.2, 0) is 15.7 Å². The highest BCUT2D eigenvalue weighted by Crippen LogP contribution is 2.36. The number of nitrogens with zero attached hydrogens (tertiary/aromatic N) is 1. The monoisotopic (exact) mass is 362 g/mol. The third-order valence-electron chi connectivity index (χ3n) is 5.60. The predicted molar refractivity (Wildman–Crippen MR) is 110 cm³/mol. The number of nitriles is 1. The summed E-state index contributed by atoms with van der Waals surface area (Å²) >= 11 is 0. The van der Waals surface area contributed by atoms with Gasteiger partial charge in [0.05, 0.1) is 17.3 Å². The van der Waals surface area contributed by atoms with Gasteiger partial charge in [-0.15, -0.1) is 0 Å². The maximum absolute atomic E-state index is 9.56. The molecule has 0 amide bonds. The zero-order valence-corrected chi connectivity index (χ0v) is 16.7. The molecular weight excluding hydrogens is 335 g/mol. The molecule has 0 radical (unpaired) electrons. The van der Waals surface area contributed by atoms with E-state index in [-0.39, 0.29) is 18.3 Å². The molecule has 27 heavy (non-hydrogen) atoms. The van der Waals surface area contributed by atoms with Gasteiger partial charge in [-0.05, 0) is 62.8 Å². The van der Waals surface area contributed by atoms with Crippen LogP contribution in [0.1, 0.15) is 51.8 Å². The van der Waals surface area contributed by atoms with Crippen molar-refractivity contribution in [3.05, 3.63) is 59.7 Å². The van der Waals surface area contributed by atoms with E-state index in [0.717, 1.165) is 23.1 Å². The molecule has 2 aromatic rings. The lowest BCUT2D eigenvalue weighted by Gasteiger charge is -2.32. The van der Waals surface area contributed by atoms with Crippen LogP contribution in [0.5, 0.6) is 0 Å². The van der Waals surface area contributed by atoms with Crippen LogP contribution < -0.4 is 10.8 Å². The van der Waals surface area contributed by atoms with Crippen molar-refractivity contribution in [3.8, 4) is 6.07 Å². The molecule has 5 heteroatoms. The number of aryl methyl sites for hydroxylation is 1. The van der Waals surface area contributed by atoms with E-state index in [0.29, 0.717) is 0 Å². The largest absolute Gasteiger partial charge is 0.494 e. The van der Waals surface area contributed by atoms with Gasteiger partial charge in [0.25, 0.3) is 0 Å². The third-order valence-corrected chi connectivity index (χ3v) is 5.60. The van der Waals surface area contributed by atoms with Crippen LogP contribution in [0.15, 0.2) is 48.5 Å². The zero-order valence-electron chi connectivity index (χ0n) is 16.7. The van der Waals surface area contributed by atoms with Gasteiger partial charge in [-0.1, -0.05) is 43.3 Å². The molecule has 0 aromatic heterocycles. The first-order valence-corrected chi connectivity index (χ1v) is 9.46. The second-order valence-electron chi connectivity index (χ2n) is 8.01. The molecule has 1 aliphatic heterocycles. The first-order valence-electron chi connectivity index (χ1n) is 9.46. The van der Waals surface area contributed by atoms with Crippen molar-refractivity contribution in [1.29, 1.82) is 5.26 Å². The maximum atomic E-state index is 9.56. The van der Waals surface area contributed by atoms with Crippen molar-refractivity contribution >= 4 is 18.3 Å². The second kappa shape index (κ2) is 7.38. The van der Waals surface area contributed by atoms with Gasteiger partial charge < -0.3 is 14.6 Å². The predicted octanol–water partition coefficient (Wildman–Crippen LogP) is 4.22. The van der Waals surface area contributed by atoms with Crippen LogP contribution in [-0.4, -0.2) is 18.3 Å². The highest BCUT2D eigenvalue weighted by atomic mass is 16.7. The summed E-state index contributed by atoms with van der Waals surface area (Å²) in [6, 6.07) is 18.0. The molecular formula is C22H27BN2O2. The molecule has 0 spiro atoms. The summed E-state index contributed by atoms with van der Waals surface area (Å²) in [5.74, 6) is 0. The van der Waals surface area contributed by atoms with E-state index in [1.54, 1.807) is 0 Å². The molecule has 1 saturated heterocycles. The normalized spacial score (nSPS) is 18.7. The standard InChI is InChI=1S/C22H27BN2O2/c1-6-16-7-9-17(10-8-16)20(15-24)25-19-13-11-18(12-14-19)23-26-21(2,3)22(4,5)27-23/h7-14,20,25H,6H2,1-5H3. The van der Waals surface area contributed by atoms with Crippen molar-refractivity contribution in [2.45, 2.75) is 58.3 Å². The Kier molecular flexibility index (Phi) is 5.32. The van der Waals surface area contributed by atoms with E-state index in [1.807, 2.05) is 64.1 Å². The highest BCUT2D eigenvalue weighted by molar-refractivity contribution is 6.62. The molecule has 4 nitrogen and oxygen atoms in total.